The van der Waals surface area contributed by atoms with Crippen LogP contribution >= 0.6 is 0 Å². The Hall–Kier alpha value is -2.28. The molecule has 0 aromatic heterocycles. The highest BCUT2D eigenvalue weighted by Gasteiger charge is 2.04. The molecule has 76 valence electrons. The Morgan fingerprint density at radius 3 is 2.93 bits per heavy atom. The van der Waals surface area contributed by atoms with Gasteiger partial charge in [0.1, 0.15) is 0 Å². The summed E-state index contributed by atoms with van der Waals surface area (Å²) in [6, 6.07) is 6.41. The van der Waals surface area contributed by atoms with Gasteiger partial charge in [-0.3, -0.25) is 0 Å². The van der Waals surface area contributed by atoms with E-state index in [-0.39, 0.29) is 12.0 Å². The SMILES string of the molecule is N#CCC=Cc1cc(C(=O)O)ccc1N. The zero-order chi connectivity index (χ0) is 11.3. The first-order valence-electron chi connectivity index (χ1n) is 4.31. The minimum atomic E-state index is -0.995. The number of hydrogen-bond acceptors (Lipinski definition) is 3. The monoisotopic (exact) mass is 202 g/mol. The molecule has 0 aliphatic rings. The first-order valence-corrected chi connectivity index (χ1v) is 4.31. The number of aromatic carboxylic acids is 1. The Labute approximate surface area is 87.3 Å². The lowest BCUT2D eigenvalue weighted by Gasteiger charge is -2.01. The number of nitrogen functional groups attached to an aromatic ring is 1. The van der Waals surface area contributed by atoms with Crippen molar-refractivity contribution in [2.24, 2.45) is 0 Å². The summed E-state index contributed by atoms with van der Waals surface area (Å²) in [5.74, 6) is -0.995. The molecule has 0 radical (unpaired) electrons. The van der Waals surface area contributed by atoms with Crippen LogP contribution < -0.4 is 5.73 Å². The Morgan fingerprint density at radius 1 is 1.60 bits per heavy atom. The van der Waals surface area contributed by atoms with Gasteiger partial charge < -0.3 is 10.8 Å². The van der Waals surface area contributed by atoms with Gasteiger partial charge in [-0.1, -0.05) is 12.2 Å². The van der Waals surface area contributed by atoms with E-state index in [4.69, 9.17) is 16.1 Å². The molecule has 1 aromatic carbocycles. The molecule has 0 aliphatic heterocycles. The maximum absolute atomic E-state index is 10.7. The van der Waals surface area contributed by atoms with Crippen LogP contribution in [0.5, 0.6) is 0 Å². The third kappa shape index (κ3) is 2.85. The van der Waals surface area contributed by atoms with Crippen LogP contribution in [0.25, 0.3) is 6.08 Å². The van der Waals surface area contributed by atoms with Gasteiger partial charge in [0.05, 0.1) is 18.1 Å². The van der Waals surface area contributed by atoms with Gasteiger partial charge in [-0.25, -0.2) is 4.79 Å². The highest BCUT2D eigenvalue weighted by molar-refractivity contribution is 5.89. The van der Waals surface area contributed by atoms with Gasteiger partial charge in [-0.15, -0.1) is 0 Å². The van der Waals surface area contributed by atoms with Crippen molar-refractivity contribution in [3.05, 3.63) is 35.4 Å². The molecule has 0 bridgehead atoms. The number of hydrogen-bond donors (Lipinski definition) is 2. The molecule has 0 saturated heterocycles. The van der Waals surface area contributed by atoms with Crippen LogP contribution in [-0.4, -0.2) is 11.1 Å². The number of carboxylic acids is 1. The number of nitriles is 1. The smallest absolute Gasteiger partial charge is 0.335 e. The molecule has 0 fully saturated rings. The van der Waals surface area contributed by atoms with E-state index in [0.717, 1.165) is 0 Å². The molecule has 0 spiro atoms. The lowest BCUT2D eigenvalue weighted by molar-refractivity contribution is 0.0697. The number of anilines is 1. The number of benzene rings is 1. The summed E-state index contributed by atoms with van der Waals surface area (Å²) in [5.41, 5.74) is 6.94. The van der Waals surface area contributed by atoms with Crippen molar-refractivity contribution in [1.82, 2.24) is 0 Å². The zero-order valence-corrected chi connectivity index (χ0v) is 7.97. The molecule has 3 N–H and O–H groups in total. The lowest BCUT2D eigenvalue weighted by atomic mass is 10.1. The number of allylic oxidation sites excluding steroid dienone is 1. The van der Waals surface area contributed by atoms with E-state index < -0.39 is 5.97 Å². The third-order valence-electron chi connectivity index (χ3n) is 1.84. The van der Waals surface area contributed by atoms with Gasteiger partial charge in [0.2, 0.25) is 0 Å². The summed E-state index contributed by atoms with van der Waals surface area (Å²) in [7, 11) is 0. The highest BCUT2D eigenvalue weighted by atomic mass is 16.4. The summed E-state index contributed by atoms with van der Waals surface area (Å²) in [5, 5.41) is 17.1. The number of nitrogens with zero attached hydrogens (tertiary/aromatic N) is 1. The van der Waals surface area contributed by atoms with E-state index in [1.54, 1.807) is 12.2 Å². The molecule has 0 atom stereocenters. The third-order valence-corrected chi connectivity index (χ3v) is 1.84. The maximum atomic E-state index is 10.7. The van der Waals surface area contributed by atoms with Gasteiger partial charge in [0.25, 0.3) is 0 Å². The second kappa shape index (κ2) is 4.82. The fourth-order valence-corrected chi connectivity index (χ4v) is 1.09. The van der Waals surface area contributed by atoms with Crippen molar-refractivity contribution >= 4 is 17.7 Å². The quantitative estimate of drug-likeness (QED) is 0.732. The number of carbonyl (C=O) groups is 1. The van der Waals surface area contributed by atoms with Gasteiger partial charge in [0, 0.05) is 5.69 Å². The van der Waals surface area contributed by atoms with Crippen LogP contribution in [0, 0.1) is 11.3 Å². The number of rotatable bonds is 3. The molecule has 0 amide bonds. The largest absolute Gasteiger partial charge is 0.478 e. The molecule has 15 heavy (non-hydrogen) atoms. The van der Waals surface area contributed by atoms with Crippen molar-refractivity contribution in [3.8, 4) is 6.07 Å². The molecule has 4 heteroatoms. The van der Waals surface area contributed by atoms with Crippen molar-refractivity contribution in [2.75, 3.05) is 5.73 Å². The predicted octanol–water partition coefficient (Wildman–Crippen LogP) is 1.89. The average molecular weight is 202 g/mol. The first kappa shape index (κ1) is 10.8. The Bertz CT molecular complexity index is 444. The topological polar surface area (TPSA) is 87.1 Å². The van der Waals surface area contributed by atoms with E-state index >= 15 is 0 Å². The molecule has 0 aliphatic carbocycles. The van der Waals surface area contributed by atoms with Crippen LogP contribution in [-0.2, 0) is 0 Å². The van der Waals surface area contributed by atoms with Crippen LogP contribution in [0.15, 0.2) is 24.3 Å². The van der Waals surface area contributed by atoms with Crippen LogP contribution in [0.1, 0.15) is 22.3 Å². The summed E-state index contributed by atoms with van der Waals surface area (Å²) in [6.07, 6.45) is 3.55. The minimum absolute atomic E-state index is 0.181. The molecular weight excluding hydrogens is 192 g/mol. The molecule has 1 aromatic rings. The fourth-order valence-electron chi connectivity index (χ4n) is 1.09. The van der Waals surface area contributed by atoms with Crippen molar-refractivity contribution in [2.45, 2.75) is 6.42 Å². The van der Waals surface area contributed by atoms with Crippen LogP contribution in [0.4, 0.5) is 5.69 Å². The van der Waals surface area contributed by atoms with Gasteiger partial charge in [-0.2, -0.15) is 5.26 Å². The Balaban J connectivity index is 3.01. The normalized spacial score (nSPS) is 10.1. The van der Waals surface area contributed by atoms with Gasteiger partial charge in [-0.05, 0) is 23.8 Å². The van der Waals surface area contributed by atoms with Crippen molar-refractivity contribution in [1.29, 1.82) is 5.26 Å². The highest BCUT2D eigenvalue weighted by Crippen LogP contribution is 2.16. The van der Waals surface area contributed by atoms with E-state index in [0.29, 0.717) is 11.3 Å². The minimum Gasteiger partial charge on any atom is -0.478 e. The van der Waals surface area contributed by atoms with E-state index in [2.05, 4.69) is 0 Å². The summed E-state index contributed by atoms with van der Waals surface area (Å²) in [4.78, 5) is 10.7. The maximum Gasteiger partial charge on any atom is 0.335 e. The predicted molar refractivity (Wildman–Crippen MR) is 57.1 cm³/mol. The lowest BCUT2D eigenvalue weighted by Crippen LogP contribution is -1.98. The van der Waals surface area contributed by atoms with E-state index in [1.807, 2.05) is 6.07 Å². The molecular formula is C11H10N2O2. The average Bonchev–Trinajstić information content (AvgIpc) is 2.20. The second-order valence-electron chi connectivity index (χ2n) is 2.91. The van der Waals surface area contributed by atoms with Crippen molar-refractivity contribution < 1.29 is 9.90 Å². The number of nitrogens with two attached hydrogens (primary N) is 1. The van der Waals surface area contributed by atoms with E-state index in [1.165, 1.54) is 18.2 Å². The zero-order valence-electron chi connectivity index (χ0n) is 7.97. The number of carboxylic acid groups (broad SMARTS) is 1. The molecule has 0 unspecified atom stereocenters. The Kier molecular flexibility index (Phi) is 3.47. The van der Waals surface area contributed by atoms with Crippen molar-refractivity contribution in [3.63, 3.8) is 0 Å². The van der Waals surface area contributed by atoms with Gasteiger partial charge >= 0.3 is 5.97 Å². The fraction of sp³-hybridized carbons (Fsp3) is 0.0909. The molecule has 4 nitrogen and oxygen atoms in total. The van der Waals surface area contributed by atoms with Gasteiger partial charge in [0.15, 0.2) is 0 Å². The molecule has 1 rings (SSSR count). The summed E-state index contributed by atoms with van der Waals surface area (Å²) in [6.45, 7) is 0. The summed E-state index contributed by atoms with van der Waals surface area (Å²) < 4.78 is 0. The first-order chi connectivity index (χ1) is 7.15. The Morgan fingerprint density at radius 2 is 2.33 bits per heavy atom. The second-order valence-corrected chi connectivity index (χ2v) is 2.91. The summed E-state index contributed by atoms with van der Waals surface area (Å²) >= 11 is 0. The van der Waals surface area contributed by atoms with Crippen LogP contribution in [0.2, 0.25) is 0 Å². The molecule has 0 saturated carbocycles. The van der Waals surface area contributed by atoms with E-state index in [9.17, 15) is 4.79 Å². The standard InChI is InChI=1S/C11H10N2O2/c12-6-2-1-3-8-7-9(11(14)15)4-5-10(8)13/h1,3-5,7H,2,13H2,(H,14,15). The van der Waals surface area contributed by atoms with Crippen LogP contribution in [0.3, 0.4) is 0 Å². The molecule has 0 heterocycles.